The highest BCUT2D eigenvalue weighted by molar-refractivity contribution is 5.85. The summed E-state index contributed by atoms with van der Waals surface area (Å²) in [5.41, 5.74) is 1.03. The fourth-order valence-electron chi connectivity index (χ4n) is 2.97. The average Bonchev–Trinajstić information content (AvgIpc) is 3.10. The van der Waals surface area contributed by atoms with Crippen LogP contribution < -0.4 is 0 Å². The summed E-state index contributed by atoms with van der Waals surface area (Å²) in [4.78, 5) is 37.2. The molecule has 1 aliphatic heterocycles. The van der Waals surface area contributed by atoms with E-state index in [1.165, 1.54) is 19.1 Å². The highest BCUT2D eigenvalue weighted by atomic mass is 16.5. The van der Waals surface area contributed by atoms with Crippen molar-refractivity contribution in [3.8, 4) is 0 Å². The van der Waals surface area contributed by atoms with Crippen molar-refractivity contribution in [3.05, 3.63) is 35.9 Å². The molecule has 7 heteroatoms. The van der Waals surface area contributed by atoms with Crippen molar-refractivity contribution in [2.45, 2.75) is 44.4 Å². The van der Waals surface area contributed by atoms with Crippen LogP contribution >= 0.6 is 0 Å². The Bertz CT molecular complexity index is 618. The zero-order chi connectivity index (χ0) is 18.9. The van der Waals surface area contributed by atoms with Gasteiger partial charge in [0.05, 0.1) is 26.9 Å². The zero-order valence-corrected chi connectivity index (χ0v) is 15.2. The van der Waals surface area contributed by atoms with Crippen LogP contribution in [0.15, 0.2) is 30.3 Å². The molecule has 2 atom stereocenters. The van der Waals surface area contributed by atoms with E-state index < -0.39 is 12.0 Å². The van der Waals surface area contributed by atoms with Crippen molar-refractivity contribution in [3.63, 3.8) is 0 Å². The van der Waals surface area contributed by atoms with Crippen LogP contribution in [0, 0.1) is 0 Å². The highest BCUT2D eigenvalue weighted by Crippen LogP contribution is 2.24. The smallest absolute Gasteiger partial charge is 0.328 e. The summed E-state index contributed by atoms with van der Waals surface area (Å²) < 4.78 is 15.3. The van der Waals surface area contributed by atoms with E-state index in [2.05, 4.69) is 4.74 Å². The Kier molecular flexibility index (Phi) is 7.59. The lowest BCUT2D eigenvalue weighted by Crippen LogP contribution is -2.41. The third kappa shape index (κ3) is 5.56. The summed E-state index contributed by atoms with van der Waals surface area (Å²) in [6.45, 7) is 0.757. The van der Waals surface area contributed by atoms with Crippen LogP contribution in [0.5, 0.6) is 0 Å². The minimum absolute atomic E-state index is 0.174. The fraction of sp³-hybridized carbons (Fsp3) is 0.526. The summed E-state index contributed by atoms with van der Waals surface area (Å²) in [5, 5.41) is 0. The Morgan fingerprint density at radius 3 is 2.46 bits per heavy atom. The van der Waals surface area contributed by atoms with Crippen molar-refractivity contribution in [2.24, 2.45) is 0 Å². The van der Waals surface area contributed by atoms with Crippen LogP contribution in [0.3, 0.4) is 0 Å². The van der Waals surface area contributed by atoms with E-state index in [-0.39, 0.29) is 30.8 Å². The zero-order valence-electron chi connectivity index (χ0n) is 15.2. The minimum atomic E-state index is -0.647. The molecule has 0 radical (unpaired) electrons. The SMILES string of the molecule is COC(=O)CCCC(=O)N1CC(OCc2ccccc2)C[C@H]1C(=O)OC. The highest BCUT2D eigenvalue weighted by Gasteiger charge is 2.40. The monoisotopic (exact) mass is 363 g/mol. The van der Waals surface area contributed by atoms with Crippen molar-refractivity contribution >= 4 is 17.8 Å². The van der Waals surface area contributed by atoms with Gasteiger partial charge >= 0.3 is 11.9 Å². The third-order valence-electron chi connectivity index (χ3n) is 4.38. The number of ether oxygens (including phenoxy) is 3. The van der Waals surface area contributed by atoms with E-state index in [0.29, 0.717) is 26.0 Å². The molecule has 0 bridgehead atoms. The Balaban J connectivity index is 1.91. The number of amides is 1. The maximum absolute atomic E-state index is 12.5. The molecular formula is C19H25NO6. The maximum Gasteiger partial charge on any atom is 0.328 e. The first kappa shape index (κ1) is 19.9. The molecule has 1 heterocycles. The van der Waals surface area contributed by atoms with Crippen LogP contribution in [0.4, 0.5) is 0 Å². The molecule has 7 nitrogen and oxygen atoms in total. The van der Waals surface area contributed by atoms with Crippen LogP contribution in [0.25, 0.3) is 0 Å². The topological polar surface area (TPSA) is 82.1 Å². The molecule has 1 unspecified atom stereocenters. The second-order valence-electron chi connectivity index (χ2n) is 6.17. The number of rotatable bonds is 8. The number of carbonyl (C=O) groups is 3. The van der Waals surface area contributed by atoms with Crippen LogP contribution in [-0.2, 0) is 35.2 Å². The van der Waals surface area contributed by atoms with Gasteiger partial charge in [0, 0.05) is 25.8 Å². The normalized spacial score (nSPS) is 19.2. The Morgan fingerprint density at radius 2 is 1.81 bits per heavy atom. The van der Waals surface area contributed by atoms with Crippen LogP contribution in [0.1, 0.15) is 31.2 Å². The molecule has 1 aliphatic rings. The molecule has 2 rings (SSSR count). The van der Waals surface area contributed by atoms with Crippen molar-refractivity contribution in [2.75, 3.05) is 20.8 Å². The number of nitrogens with zero attached hydrogens (tertiary/aromatic N) is 1. The van der Waals surface area contributed by atoms with E-state index in [0.717, 1.165) is 5.56 Å². The standard InChI is InChI=1S/C19H25NO6/c1-24-18(22)10-6-9-17(21)20-12-15(11-16(20)19(23)25-2)26-13-14-7-4-3-5-8-14/h3-5,7-8,15-16H,6,9-13H2,1-2H3/t15?,16-/m0/s1. The van der Waals surface area contributed by atoms with Gasteiger partial charge in [0.15, 0.2) is 0 Å². The molecule has 26 heavy (non-hydrogen) atoms. The van der Waals surface area contributed by atoms with Gasteiger partial charge in [0.2, 0.25) is 5.91 Å². The van der Waals surface area contributed by atoms with Crippen LogP contribution in [0.2, 0.25) is 0 Å². The fourth-order valence-corrected chi connectivity index (χ4v) is 2.97. The lowest BCUT2D eigenvalue weighted by Gasteiger charge is -2.22. The van der Waals surface area contributed by atoms with E-state index in [1.54, 1.807) is 0 Å². The van der Waals surface area contributed by atoms with Gasteiger partial charge in [0.1, 0.15) is 6.04 Å². The number of methoxy groups -OCH3 is 2. The Hall–Kier alpha value is -2.41. The van der Waals surface area contributed by atoms with Crippen molar-refractivity contribution < 1.29 is 28.6 Å². The van der Waals surface area contributed by atoms with Gasteiger partial charge in [0.25, 0.3) is 0 Å². The summed E-state index contributed by atoms with van der Waals surface area (Å²) in [6, 6.07) is 9.07. The number of carbonyl (C=O) groups excluding carboxylic acids is 3. The van der Waals surface area contributed by atoms with Crippen molar-refractivity contribution in [1.29, 1.82) is 0 Å². The predicted octanol–water partition coefficient (Wildman–Crippen LogP) is 1.69. The summed E-state index contributed by atoms with van der Waals surface area (Å²) in [7, 11) is 2.62. The number of hydrogen-bond donors (Lipinski definition) is 0. The molecule has 1 aromatic carbocycles. The van der Waals surface area contributed by atoms with E-state index >= 15 is 0 Å². The van der Waals surface area contributed by atoms with Gasteiger partial charge in [-0.25, -0.2) is 4.79 Å². The molecule has 142 valence electrons. The van der Waals surface area contributed by atoms with Gasteiger partial charge in [-0.15, -0.1) is 0 Å². The summed E-state index contributed by atoms with van der Waals surface area (Å²) in [5.74, 6) is -0.986. The van der Waals surface area contributed by atoms with Gasteiger partial charge in [-0.1, -0.05) is 30.3 Å². The maximum atomic E-state index is 12.5. The molecule has 0 spiro atoms. The summed E-state index contributed by atoms with van der Waals surface area (Å²) in [6.07, 6.45) is 0.901. The quantitative estimate of drug-likeness (QED) is 0.654. The number of likely N-dealkylation sites (tertiary alicyclic amines) is 1. The summed E-state index contributed by atoms with van der Waals surface area (Å²) >= 11 is 0. The van der Waals surface area contributed by atoms with Gasteiger partial charge in [-0.2, -0.15) is 0 Å². The molecule has 0 aromatic heterocycles. The van der Waals surface area contributed by atoms with Crippen molar-refractivity contribution in [1.82, 2.24) is 4.90 Å². The molecule has 1 aromatic rings. The third-order valence-corrected chi connectivity index (χ3v) is 4.38. The largest absolute Gasteiger partial charge is 0.469 e. The average molecular weight is 363 g/mol. The second kappa shape index (κ2) is 9.91. The van der Waals surface area contributed by atoms with Gasteiger partial charge < -0.3 is 19.1 Å². The van der Waals surface area contributed by atoms with E-state index in [1.807, 2.05) is 30.3 Å². The predicted molar refractivity (Wildman–Crippen MR) is 93.0 cm³/mol. The van der Waals surface area contributed by atoms with Crippen LogP contribution in [-0.4, -0.2) is 55.7 Å². The molecular weight excluding hydrogens is 338 g/mol. The Labute approximate surface area is 153 Å². The molecule has 1 fully saturated rings. The number of benzene rings is 1. The van der Waals surface area contributed by atoms with Gasteiger partial charge in [-0.3, -0.25) is 9.59 Å². The number of hydrogen-bond acceptors (Lipinski definition) is 6. The molecule has 0 aliphatic carbocycles. The molecule has 0 saturated carbocycles. The Morgan fingerprint density at radius 1 is 1.08 bits per heavy atom. The number of esters is 2. The van der Waals surface area contributed by atoms with E-state index in [4.69, 9.17) is 9.47 Å². The first-order valence-electron chi connectivity index (χ1n) is 8.64. The molecule has 0 N–H and O–H groups in total. The minimum Gasteiger partial charge on any atom is -0.469 e. The lowest BCUT2D eigenvalue weighted by molar-refractivity contribution is -0.151. The second-order valence-corrected chi connectivity index (χ2v) is 6.17. The first-order valence-corrected chi connectivity index (χ1v) is 8.64. The van der Waals surface area contributed by atoms with Gasteiger partial charge in [-0.05, 0) is 12.0 Å². The molecule has 1 saturated heterocycles. The first-order chi connectivity index (χ1) is 12.5. The molecule has 1 amide bonds. The van der Waals surface area contributed by atoms with E-state index in [9.17, 15) is 14.4 Å². The lowest BCUT2D eigenvalue weighted by atomic mass is 10.2.